The van der Waals surface area contributed by atoms with Crippen LogP contribution in [0.25, 0.3) is 0 Å². The van der Waals surface area contributed by atoms with E-state index >= 15 is 0 Å². The highest BCUT2D eigenvalue weighted by molar-refractivity contribution is 6.11. The normalized spacial score (nSPS) is 25.7. The van der Waals surface area contributed by atoms with E-state index in [0.717, 1.165) is 44.3 Å². The fraction of sp³-hybridized carbons (Fsp3) is 0.375. The quantitative estimate of drug-likeness (QED) is 0.186. The molecular formula is C40H43N2O4+. The van der Waals surface area contributed by atoms with E-state index in [-0.39, 0.29) is 29.1 Å². The molecule has 7 rings (SSSR count). The summed E-state index contributed by atoms with van der Waals surface area (Å²) < 4.78 is 9.08. The molecule has 0 saturated carbocycles. The van der Waals surface area contributed by atoms with Crippen molar-refractivity contribution < 1.29 is 24.0 Å². The molecule has 236 valence electrons. The Kier molecular flexibility index (Phi) is 7.50. The van der Waals surface area contributed by atoms with Crippen molar-refractivity contribution in [2.45, 2.75) is 83.2 Å². The highest BCUT2D eigenvalue weighted by Gasteiger charge is 2.54. The number of ketones is 1. The average molecular weight is 616 g/mol. The van der Waals surface area contributed by atoms with Crippen LogP contribution in [0.5, 0.6) is 0 Å². The minimum atomic E-state index is -0.731. The van der Waals surface area contributed by atoms with Gasteiger partial charge in [0.15, 0.2) is 18.0 Å². The van der Waals surface area contributed by atoms with Crippen LogP contribution in [0.4, 0.5) is 11.4 Å². The maximum absolute atomic E-state index is 13.4. The number of fused-ring (bicyclic) bond motifs is 6. The summed E-state index contributed by atoms with van der Waals surface area (Å²) in [4.78, 5) is 26.8. The number of carbonyl (C=O) groups is 2. The molecule has 1 aliphatic carbocycles. The van der Waals surface area contributed by atoms with Crippen molar-refractivity contribution in [2.24, 2.45) is 0 Å². The number of allylic oxidation sites excluding steroid dienone is 7. The van der Waals surface area contributed by atoms with Crippen molar-refractivity contribution in [3.8, 4) is 0 Å². The van der Waals surface area contributed by atoms with Crippen molar-refractivity contribution in [1.29, 1.82) is 0 Å². The van der Waals surface area contributed by atoms with Gasteiger partial charge in [0.2, 0.25) is 5.69 Å². The van der Waals surface area contributed by atoms with Gasteiger partial charge in [-0.15, -0.1) is 0 Å². The van der Waals surface area contributed by atoms with Crippen LogP contribution in [0.3, 0.4) is 0 Å². The fourth-order valence-electron chi connectivity index (χ4n) is 8.36. The first-order valence-corrected chi connectivity index (χ1v) is 16.8. The Bertz CT molecular complexity index is 1830. The van der Waals surface area contributed by atoms with Crippen LogP contribution >= 0.6 is 0 Å². The lowest BCUT2D eigenvalue weighted by molar-refractivity contribution is -0.444. The molecule has 2 unspecified atom stereocenters. The van der Waals surface area contributed by atoms with Crippen molar-refractivity contribution >= 4 is 28.8 Å². The summed E-state index contributed by atoms with van der Waals surface area (Å²) >= 11 is 0. The molecule has 46 heavy (non-hydrogen) atoms. The molecule has 5 aliphatic rings. The second-order valence-corrected chi connectivity index (χ2v) is 13.8. The molecule has 0 aromatic heterocycles. The van der Waals surface area contributed by atoms with E-state index in [9.17, 15) is 9.59 Å². The van der Waals surface area contributed by atoms with Gasteiger partial charge in [-0.1, -0.05) is 63.1 Å². The van der Waals surface area contributed by atoms with Gasteiger partial charge in [-0.3, -0.25) is 9.59 Å². The molecule has 4 heterocycles. The first-order valence-electron chi connectivity index (χ1n) is 16.8. The van der Waals surface area contributed by atoms with Crippen molar-refractivity contribution in [2.75, 3.05) is 18.0 Å². The molecule has 6 nitrogen and oxygen atoms in total. The van der Waals surface area contributed by atoms with Crippen LogP contribution in [0.2, 0.25) is 0 Å². The van der Waals surface area contributed by atoms with E-state index in [0.29, 0.717) is 17.8 Å². The van der Waals surface area contributed by atoms with Crippen LogP contribution in [0, 0.1) is 0 Å². The zero-order valence-corrected chi connectivity index (χ0v) is 27.3. The van der Waals surface area contributed by atoms with Gasteiger partial charge in [0.25, 0.3) is 0 Å². The second kappa shape index (κ2) is 11.4. The number of ether oxygens (including phenoxy) is 1. The number of aliphatic carboxylic acids is 1. The van der Waals surface area contributed by atoms with Gasteiger partial charge in [-0.25, -0.2) is 0 Å². The summed E-state index contributed by atoms with van der Waals surface area (Å²) in [7, 11) is 0. The number of benzene rings is 2. The van der Waals surface area contributed by atoms with Crippen molar-refractivity contribution in [1.82, 2.24) is 0 Å². The molecule has 2 atom stereocenters. The Hall–Kier alpha value is -4.45. The van der Waals surface area contributed by atoms with Gasteiger partial charge < -0.3 is 14.7 Å². The summed E-state index contributed by atoms with van der Waals surface area (Å²) in [6.07, 6.45) is 14.4. The Balaban J connectivity index is 1.24. The van der Waals surface area contributed by atoms with E-state index in [4.69, 9.17) is 9.84 Å². The zero-order chi connectivity index (χ0) is 32.2. The molecule has 1 N–H and O–H groups in total. The Labute approximate surface area is 271 Å². The molecule has 0 radical (unpaired) electrons. The maximum atomic E-state index is 13.4. The van der Waals surface area contributed by atoms with E-state index in [1.807, 2.05) is 12.2 Å². The third kappa shape index (κ3) is 4.81. The van der Waals surface area contributed by atoms with E-state index < -0.39 is 5.97 Å². The van der Waals surface area contributed by atoms with Crippen molar-refractivity contribution in [3.05, 3.63) is 118 Å². The van der Waals surface area contributed by atoms with Gasteiger partial charge >= 0.3 is 5.97 Å². The maximum Gasteiger partial charge on any atom is 0.303 e. The first-order chi connectivity index (χ1) is 22.1. The molecule has 0 saturated heterocycles. The largest absolute Gasteiger partial charge is 0.484 e. The predicted molar refractivity (Wildman–Crippen MR) is 182 cm³/mol. The second-order valence-electron chi connectivity index (χ2n) is 13.8. The number of carbonyl (C=O) groups excluding carboxylic acids is 1. The number of hydrogen-bond donors (Lipinski definition) is 1. The zero-order valence-electron chi connectivity index (χ0n) is 27.3. The Morgan fingerprint density at radius 2 is 1.76 bits per heavy atom. The number of para-hydroxylation sites is 2. The van der Waals surface area contributed by atoms with Crippen LogP contribution in [-0.4, -0.2) is 46.3 Å². The Morgan fingerprint density at radius 1 is 1.00 bits per heavy atom. The predicted octanol–water partition coefficient (Wildman–Crippen LogP) is 7.83. The molecule has 2 aromatic carbocycles. The number of carboxylic acid groups (broad SMARTS) is 1. The van der Waals surface area contributed by atoms with Crippen LogP contribution in [-0.2, 0) is 25.2 Å². The summed E-state index contributed by atoms with van der Waals surface area (Å²) in [6.45, 7) is 10.7. The molecule has 0 bridgehead atoms. The van der Waals surface area contributed by atoms with Crippen molar-refractivity contribution in [3.63, 3.8) is 0 Å². The van der Waals surface area contributed by atoms with Crippen LogP contribution in [0.15, 0.2) is 107 Å². The molecule has 0 spiro atoms. The summed E-state index contributed by atoms with van der Waals surface area (Å²) in [5, 5.41) is 9.12. The number of carboxylic acids is 1. The minimum absolute atomic E-state index is 0.0339. The molecule has 4 aliphatic heterocycles. The standard InChI is InChI=1S/C40H42N2O4/c1-5-41-31-15-10-8-13-29(31)39(2,3)36(41)19-18-26-23-27-24-28-34(46-35(27)25-33(26)43)20-22-42-32-16-11-9-14-30(32)40(4,38(28)42)21-12-6-7-17-37(44)45/h8-11,13-16,18-19,23-25,34H,5-7,12,17,20-22H2,1-4H3/p+1. The summed E-state index contributed by atoms with van der Waals surface area (Å²) in [5.41, 5.74) is 9.98. The lowest BCUT2D eigenvalue weighted by Crippen LogP contribution is -2.43. The topological polar surface area (TPSA) is 69.8 Å². The molecule has 0 fully saturated rings. The third-order valence-corrected chi connectivity index (χ3v) is 10.6. The Morgan fingerprint density at radius 3 is 2.54 bits per heavy atom. The number of anilines is 1. The molecular weight excluding hydrogens is 572 g/mol. The van der Waals surface area contributed by atoms with Gasteiger partial charge in [-0.05, 0) is 62.6 Å². The number of nitrogens with zero attached hydrogens (tertiary/aromatic N) is 2. The van der Waals surface area contributed by atoms with E-state index in [1.54, 1.807) is 6.08 Å². The van der Waals surface area contributed by atoms with Crippen LogP contribution < -0.4 is 4.90 Å². The lowest BCUT2D eigenvalue weighted by Gasteiger charge is -2.35. The van der Waals surface area contributed by atoms with Gasteiger partial charge in [0.05, 0.1) is 11.0 Å². The van der Waals surface area contributed by atoms with Gasteiger partial charge in [-0.2, -0.15) is 4.58 Å². The monoisotopic (exact) mass is 615 g/mol. The molecule has 0 amide bonds. The number of rotatable bonds is 8. The summed E-state index contributed by atoms with van der Waals surface area (Å²) in [5.74, 6) is -0.106. The smallest absolute Gasteiger partial charge is 0.303 e. The number of likely N-dealkylation sites (N-methyl/N-ethyl adjacent to an activating group) is 1. The fourth-order valence-corrected chi connectivity index (χ4v) is 8.36. The third-order valence-electron chi connectivity index (χ3n) is 10.6. The average Bonchev–Trinajstić information content (AvgIpc) is 3.43. The number of unbranched alkanes of at least 4 members (excludes halogenated alkanes) is 2. The number of hydrogen-bond acceptors (Lipinski definition) is 4. The minimum Gasteiger partial charge on any atom is -0.484 e. The molecule has 2 aromatic rings. The van der Waals surface area contributed by atoms with Gasteiger partial charge in [0.1, 0.15) is 11.9 Å². The van der Waals surface area contributed by atoms with Crippen LogP contribution in [0.1, 0.15) is 77.3 Å². The summed E-state index contributed by atoms with van der Waals surface area (Å²) in [6, 6.07) is 17.3. The molecule has 6 heteroatoms. The van der Waals surface area contributed by atoms with E-state index in [1.165, 1.54) is 39.5 Å². The van der Waals surface area contributed by atoms with Gasteiger partial charge in [0, 0.05) is 65.0 Å². The van der Waals surface area contributed by atoms with E-state index in [2.05, 4.69) is 97.9 Å². The highest BCUT2D eigenvalue weighted by Crippen LogP contribution is 2.50. The first kappa shape index (κ1) is 30.2. The highest BCUT2D eigenvalue weighted by atomic mass is 16.5. The lowest BCUT2D eigenvalue weighted by atomic mass is 9.71. The SMILES string of the molecule is CCN1C(=CC=C2C=C3C=C4C5=[N+](CCC4OC3=CC2=O)c2ccccc2C5(C)CCCCCC(=O)O)C(C)(C)c2ccccc21.